The molecule has 0 radical (unpaired) electrons. The van der Waals surface area contributed by atoms with Crippen molar-refractivity contribution in [1.82, 2.24) is 4.90 Å². The van der Waals surface area contributed by atoms with Crippen LogP contribution < -0.4 is 0 Å². The lowest BCUT2D eigenvalue weighted by atomic mass is 9.73. The Kier molecular flexibility index (Phi) is 9.15. The third-order valence-corrected chi connectivity index (χ3v) is 7.62. The number of alkyl halides is 3. The number of halogens is 4. The van der Waals surface area contributed by atoms with Crippen molar-refractivity contribution in [2.45, 2.75) is 57.4 Å². The second kappa shape index (κ2) is 12.3. The second-order valence-corrected chi connectivity index (χ2v) is 12.3. The van der Waals surface area contributed by atoms with Gasteiger partial charge in [-0.15, -0.1) is 0 Å². The van der Waals surface area contributed by atoms with Crippen LogP contribution in [0.1, 0.15) is 55.9 Å². The number of amides is 1. The Bertz CT molecular complexity index is 1420. The number of nitriles is 1. The molecule has 5 nitrogen and oxygen atoms in total. The number of ether oxygens (including phenoxy) is 2. The van der Waals surface area contributed by atoms with Gasteiger partial charge in [0.05, 0.1) is 30.4 Å². The van der Waals surface area contributed by atoms with Crippen molar-refractivity contribution in [3.63, 3.8) is 0 Å². The molecule has 41 heavy (non-hydrogen) atoms. The number of hydrogen-bond acceptors (Lipinski definition) is 4. The highest BCUT2D eigenvalue weighted by molar-refractivity contribution is 9.10. The molecule has 1 amide bonds. The first-order valence-electron chi connectivity index (χ1n) is 13.3. The summed E-state index contributed by atoms with van der Waals surface area (Å²) in [7, 11) is 0. The Balaban J connectivity index is 1.55. The first-order chi connectivity index (χ1) is 19.3. The molecule has 1 heterocycles. The van der Waals surface area contributed by atoms with Crippen LogP contribution >= 0.6 is 15.9 Å². The predicted molar refractivity (Wildman–Crippen MR) is 154 cm³/mol. The van der Waals surface area contributed by atoms with Gasteiger partial charge in [0.25, 0.3) is 0 Å². The molecule has 0 saturated carbocycles. The Morgan fingerprint density at radius 1 is 1.00 bits per heavy atom. The van der Waals surface area contributed by atoms with Crippen LogP contribution in [-0.4, -0.2) is 36.3 Å². The van der Waals surface area contributed by atoms with E-state index in [1.54, 1.807) is 35.2 Å². The van der Waals surface area contributed by atoms with Crippen LogP contribution in [0.25, 0.3) is 11.1 Å². The van der Waals surface area contributed by atoms with Gasteiger partial charge in [0.15, 0.2) is 0 Å². The third-order valence-electron chi connectivity index (χ3n) is 7.12. The number of carbonyl (C=O) groups is 1. The van der Waals surface area contributed by atoms with E-state index in [2.05, 4.69) is 15.9 Å². The fourth-order valence-electron chi connectivity index (χ4n) is 4.99. The zero-order chi connectivity index (χ0) is 29.8. The van der Waals surface area contributed by atoms with E-state index >= 15 is 0 Å². The Hall–Kier alpha value is -3.35. The molecule has 3 aromatic rings. The van der Waals surface area contributed by atoms with Crippen molar-refractivity contribution in [2.24, 2.45) is 0 Å². The van der Waals surface area contributed by atoms with Gasteiger partial charge < -0.3 is 14.4 Å². The minimum absolute atomic E-state index is 0.0151. The van der Waals surface area contributed by atoms with Crippen molar-refractivity contribution >= 4 is 22.0 Å². The van der Waals surface area contributed by atoms with Crippen molar-refractivity contribution in [3.8, 4) is 17.2 Å². The van der Waals surface area contributed by atoms with Crippen LogP contribution in [0.15, 0.2) is 71.2 Å². The van der Waals surface area contributed by atoms with Crippen molar-refractivity contribution in [1.29, 1.82) is 5.26 Å². The Morgan fingerprint density at radius 3 is 2.27 bits per heavy atom. The molecular formula is C32H32BrF3N2O3. The number of nitrogens with zero attached hydrogens (tertiary/aromatic N) is 2. The topological polar surface area (TPSA) is 62.6 Å². The average Bonchev–Trinajstić information content (AvgIpc) is 2.92. The molecule has 1 fully saturated rings. The monoisotopic (exact) mass is 628 g/mol. The van der Waals surface area contributed by atoms with Crippen LogP contribution in [0.5, 0.6) is 0 Å². The Morgan fingerprint density at radius 2 is 1.68 bits per heavy atom. The molecule has 0 unspecified atom stereocenters. The maximum Gasteiger partial charge on any atom is 0.416 e. The third kappa shape index (κ3) is 7.90. The summed E-state index contributed by atoms with van der Waals surface area (Å²) in [4.78, 5) is 14.4. The van der Waals surface area contributed by atoms with Gasteiger partial charge in [0.2, 0.25) is 0 Å². The average molecular weight is 630 g/mol. The van der Waals surface area contributed by atoms with E-state index < -0.39 is 22.8 Å². The summed E-state index contributed by atoms with van der Waals surface area (Å²) in [5.74, 6) is 0. The van der Waals surface area contributed by atoms with Gasteiger partial charge in [0.1, 0.15) is 5.60 Å². The molecule has 0 N–H and O–H groups in total. The molecule has 1 saturated heterocycles. The molecule has 1 aliphatic heterocycles. The van der Waals surface area contributed by atoms with Gasteiger partial charge in [0, 0.05) is 23.0 Å². The molecular weight excluding hydrogens is 597 g/mol. The van der Waals surface area contributed by atoms with Gasteiger partial charge in [-0.05, 0) is 98.3 Å². The fraction of sp³-hybridized carbons (Fsp3) is 0.375. The summed E-state index contributed by atoms with van der Waals surface area (Å²) in [6.07, 6.45) is -3.66. The molecule has 1 aliphatic rings. The summed E-state index contributed by atoms with van der Waals surface area (Å²) < 4.78 is 54.0. The minimum Gasteiger partial charge on any atom is -0.444 e. The lowest BCUT2D eigenvalue weighted by molar-refractivity contribution is -0.137. The van der Waals surface area contributed by atoms with Crippen LogP contribution in [0.2, 0.25) is 0 Å². The first-order valence-corrected chi connectivity index (χ1v) is 14.1. The van der Waals surface area contributed by atoms with Gasteiger partial charge in [-0.3, -0.25) is 0 Å². The van der Waals surface area contributed by atoms with Crippen molar-refractivity contribution in [3.05, 3.63) is 93.5 Å². The molecule has 0 spiro atoms. The highest BCUT2D eigenvalue weighted by atomic mass is 79.9. The van der Waals surface area contributed by atoms with Gasteiger partial charge in [-0.2, -0.15) is 18.4 Å². The summed E-state index contributed by atoms with van der Waals surface area (Å²) in [6.45, 7) is 6.68. The van der Waals surface area contributed by atoms with E-state index in [0.717, 1.165) is 22.2 Å². The molecule has 4 rings (SSSR count). The number of likely N-dealkylation sites (tertiary alicyclic amines) is 1. The van der Waals surface area contributed by atoms with Gasteiger partial charge in [-0.1, -0.05) is 40.2 Å². The van der Waals surface area contributed by atoms with E-state index in [1.807, 2.05) is 51.1 Å². The largest absolute Gasteiger partial charge is 0.444 e. The molecule has 3 aromatic carbocycles. The fourth-order valence-corrected chi connectivity index (χ4v) is 5.38. The number of benzene rings is 3. The second-order valence-electron chi connectivity index (χ2n) is 11.4. The smallest absolute Gasteiger partial charge is 0.416 e. The molecule has 0 bridgehead atoms. The van der Waals surface area contributed by atoms with E-state index in [-0.39, 0.29) is 19.3 Å². The van der Waals surface area contributed by atoms with Crippen LogP contribution in [0.3, 0.4) is 0 Å². The van der Waals surface area contributed by atoms with E-state index in [0.29, 0.717) is 48.2 Å². The minimum atomic E-state index is -4.52. The van der Waals surface area contributed by atoms with E-state index in [4.69, 9.17) is 14.7 Å². The summed E-state index contributed by atoms with van der Waals surface area (Å²) in [5, 5.41) is 9.06. The first kappa shape index (κ1) is 30.6. The normalized spacial score (nSPS) is 15.3. The molecule has 0 aromatic heterocycles. The molecule has 216 valence electrons. The van der Waals surface area contributed by atoms with Crippen molar-refractivity contribution < 1.29 is 27.4 Å². The quantitative estimate of drug-likeness (QED) is 0.275. The highest BCUT2D eigenvalue weighted by Crippen LogP contribution is 2.38. The maximum atomic E-state index is 13.8. The summed E-state index contributed by atoms with van der Waals surface area (Å²) in [6, 6.07) is 20.3. The summed E-state index contributed by atoms with van der Waals surface area (Å²) in [5.41, 5.74) is 1.06. The van der Waals surface area contributed by atoms with Crippen LogP contribution in [-0.2, 0) is 27.7 Å². The highest BCUT2D eigenvalue weighted by Gasteiger charge is 2.39. The summed E-state index contributed by atoms with van der Waals surface area (Å²) >= 11 is 3.54. The SMILES string of the molecule is CC(C)(C)OC(=O)N1CCC(COCc2cc(-c3ccc(C#N)cc3)cc(C(F)(F)F)c2)(c2cccc(Br)c2)CC1. The number of carbonyl (C=O) groups excluding carboxylic acids is 1. The lowest BCUT2D eigenvalue weighted by Crippen LogP contribution is -2.48. The lowest BCUT2D eigenvalue weighted by Gasteiger charge is -2.42. The molecule has 9 heteroatoms. The van der Waals surface area contributed by atoms with Gasteiger partial charge in [-0.25, -0.2) is 4.79 Å². The molecule has 0 atom stereocenters. The zero-order valence-electron chi connectivity index (χ0n) is 23.2. The number of piperidine rings is 1. The predicted octanol–water partition coefficient (Wildman–Crippen LogP) is 8.49. The number of hydrogen-bond donors (Lipinski definition) is 0. The standard InChI is InChI=1S/C32H32BrF3N2O3/c1-30(2,3)41-29(39)38-13-11-31(12-14-38,26-5-4-6-28(33)18-26)21-40-20-23-15-25(17-27(16-23)32(34,35)36)24-9-7-22(19-37)8-10-24/h4-10,15-18H,11-14,20-21H2,1-3H3. The maximum absolute atomic E-state index is 13.8. The van der Waals surface area contributed by atoms with E-state index in [1.165, 1.54) is 0 Å². The van der Waals surface area contributed by atoms with Gasteiger partial charge >= 0.3 is 12.3 Å². The van der Waals surface area contributed by atoms with Crippen LogP contribution in [0.4, 0.5) is 18.0 Å². The Labute approximate surface area is 247 Å². The zero-order valence-corrected chi connectivity index (χ0v) is 24.8. The number of rotatable bonds is 6. The van der Waals surface area contributed by atoms with Crippen LogP contribution in [0, 0.1) is 11.3 Å². The molecule has 0 aliphatic carbocycles. The van der Waals surface area contributed by atoms with Crippen molar-refractivity contribution in [2.75, 3.05) is 19.7 Å². The van der Waals surface area contributed by atoms with E-state index in [9.17, 15) is 18.0 Å².